The zero-order chi connectivity index (χ0) is 10.1. The van der Waals surface area contributed by atoms with Gasteiger partial charge in [0, 0.05) is 11.4 Å². The Morgan fingerprint density at radius 1 is 1.50 bits per heavy atom. The number of carbonyl (C=O) groups is 2. The van der Waals surface area contributed by atoms with Crippen molar-refractivity contribution < 1.29 is 14.7 Å². The van der Waals surface area contributed by atoms with E-state index in [2.05, 4.69) is 10.6 Å². The molecule has 0 atom stereocenters. The maximum atomic E-state index is 11.0. The van der Waals surface area contributed by atoms with E-state index < -0.39 is 6.09 Å². The van der Waals surface area contributed by atoms with E-state index in [-0.39, 0.29) is 5.91 Å². The van der Waals surface area contributed by atoms with Gasteiger partial charge >= 0.3 is 6.09 Å². The number of carbonyl (C=O) groups excluding carboxylic acids is 1. The first-order chi connectivity index (χ1) is 6.65. The Hall–Kier alpha value is -2.04. The summed E-state index contributed by atoms with van der Waals surface area (Å²) in [5.41, 5.74) is 2.03. The lowest BCUT2D eigenvalue weighted by Gasteiger charge is -2.03. The highest BCUT2D eigenvalue weighted by atomic mass is 16.4. The van der Waals surface area contributed by atoms with Crippen LogP contribution >= 0.6 is 0 Å². The van der Waals surface area contributed by atoms with E-state index >= 15 is 0 Å². The molecule has 0 aromatic heterocycles. The molecule has 72 valence electrons. The second kappa shape index (κ2) is 3.02. The van der Waals surface area contributed by atoms with Gasteiger partial charge in [0.05, 0.1) is 6.42 Å². The SMILES string of the molecule is O=C(O)Nc1ccc2c(c1)NC(=O)C2. The number of amides is 2. The number of carboxylic acid groups (broad SMARTS) is 1. The molecule has 0 unspecified atom stereocenters. The minimum atomic E-state index is -1.12. The van der Waals surface area contributed by atoms with Gasteiger partial charge in [-0.25, -0.2) is 4.79 Å². The van der Waals surface area contributed by atoms with Crippen molar-refractivity contribution in [2.75, 3.05) is 10.6 Å². The van der Waals surface area contributed by atoms with Gasteiger partial charge in [-0.1, -0.05) is 6.07 Å². The fourth-order valence-corrected chi connectivity index (χ4v) is 1.42. The van der Waals surface area contributed by atoms with E-state index in [4.69, 9.17) is 5.11 Å². The normalized spacial score (nSPS) is 13.3. The van der Waals surface area contributed by atoms with E-state index in [0.29, 0.717) is 17.8 Å². The Balaban J connectivity index is 2.28. The third-order valence-electron chi connectivity index (χ3n) is 1.99. The first kappa shape index (κ1) is 8.55. The Morgan fingerprint density at radius 3 is 3.00 bits per heavy atom. The molecule has 0 bridgehead atoms. The summed E-state index contributed by atoms with van der Waals surface area (Å²) in [4.78, 5) is 21.3. The Bertz CT molecular complexity index is 415. The van der Waals surface area contributed by atoms with Crippen molar-refractivity contribution in [3.05, 3.63) is 23.8 Å². The first-order valence-electron chi connectivity index (χ1n) is 4.08. The molecule has 0 aliphatic carbocycles. The smallest absolute Gasteiger partial charge is 0.409 e. The van der Waals surface area contributed by atoms with Gasteiger partial charge in [0.15, 0.2) is 0 Å². The molecule has 1 aromatic rings. The highest BCUT2D eigenvalue weighted by molar-refractivity contribution is 6.00. The molecule has 5 heteroatoms. The molecule has 1 aliphatic rings. The van der Waals surface area contributed by atoms with Crippen molar-refractivity contribution in [1.82, 2.24) is 0 Å². The number of anilines is 2. The minimum Gasteiger partial charge on any atom is -0.465 e. The second-order valence-electron chi connectivity index (χ2n) is 3.03. The highest BCUT2D eigenvalue weighted by Gasteiger charge is 2.17. The molecule has 0 radical (unpaired) electrons. The third-order valence-corrected chi connectivity index (χ3v) is 1.99. The average molecular weight is 192 g/mol. The van der Waals surface area contributed by atoms with Gasteiger partial charge in [-0.05, 0) is 17.7 Å². The minimum absolute atomic E-state index is 0.0625. The molecule has 5 nitrogen and oxygen atoms in total. The van der Waals surface area contributed by atoms with E-state index in [1.54, 1.807) is 18.2 Å². The number of hydrogen-bond donors (Lipinski definition) is 3. The molecule has 3 N–H and O–H groups in total. The number of fused-ring (bicyclic) bond motifs is 1. The molecule has 0 spiro atoms. The van der Waals surface area contributed by atoms with Crippen LogP contribution in [-0.4, -0.2) is 17.1 Å². The Labute approximate surface area is 79.7 Å². The largest absolute Gasteiger partial charge is 0.465 e. The first-order valence-corrected chi connectivity index (χ1v) is 4.08. The molecule has 0 saturated heterocycles. The lowest BCUT2D eigenvalue weighted by Crippen LogP contribution is -2.07. The van der Waals surface area contributed by atoms with Crippen LogP contribution in [0.25, 0.3) is 0 Å². The van der Waals surface area contributed by atoms with Crippen molar-refractivity contribution in [2.45, 2.75) is 6.42 Å². The summed E-state index contributed by atoms with van der Waals surface area (Å²) in [6.45, 7) is 0. The summed E-state index contributed by atoms with van der Waals surface area (Å²) in [5, 5.41) is 13.3. The van der Waals surface area contributed by atoms with Crippen LogP contribution in [0, 0.1) is 0 Å². The van der Waals surface area contributed by atoms with E-state index in [1.807, 2.05) is 0 Å². The van der Waals surface area contributed by atoms with Crippen LogP contribution in [-0.2, 0) is 11.2 Å². The van der Waals surface area contributed by atoms with Crippen LogP contribution < -0.4 is 10.6 Å². The lowest BCUT2D eigenvalue weighted by molar-refractivity contribution is -0.115. The maximum Gasteiger partial charge on any atom is 0.409 e. The van der Waals surface area contributed by atoms with Gasteiger partial charge in [-0.3, -0.25) is 10.1 Å². The quantitative estimate of drug-likeness (QED) is 0.627. The molecular weight excluding hydrogens is 184 g/mol. The summed E-state index contributed by atoms with van der Waals surface area (Å²) in [7, 11) is 0. The molecule has 1 aromatic carbocycles. The second-order valence-corrected chi connectivity index (χ2v) is 3.03. The number of rotatable bonds is 1. The molecule has 2 rings (SSSR count). The molecule has 0 fully saturated rings. The number of benzene rings is 1. The van der Waals surface area contributed by atoms with Crippen molar-refractivity contribution >= 4 is 23.4 Å². The molecule has 1 heterocycles. The zero-order valence-electron chi connectivity index (χ0n) is 7.20. The standard InChI is InChI=1S/C9H8N2O3/c12-8-3-5-1-2-6(10-9(13)14)4-7(5)11-8/h1-2,4,10H,3H2,(H,11,12)(H,13,14). The fraction of sp³-hybridized carbons (Fsp3) is 0.111. The summed E-state index contributed by atoms with van der Waals surface area (Å²) in [6.07, 6.45) is -0.753. The number of nitrogens with one attached hydrogen (secondary N) is 2. The molecule has 14 heavy (non-hydrogen) atoms. The van der Waals surface area contributed by atoms with Crippen LogP contribution in [0.4, 0.5) is 16.2 Å². The van der Waals surface area contributed by atoms with E-state index in [1.165, 1.54) is 0 Å². The third kappa shape index (κ3) is 1.52. The highest BCUT2D eigenvalue weighted by Crippen LogP contribution is 2.26. The van der Waals surface area contributed by atoms with E-state index in [9.17, 15) is 9.59 Å². The summed E-state index contributed by atoms with van der Waals surface area (Å²) in [5.74, 6) is -0.0625. The lowest BCUT2D eigenvalue weighted by atomic mass is 10.1. The van der Waals surface area contributed by atoms with Gasteiger partial charge in [0.2, 0.25) is 5.91 Å². The van der Waals surface area contributed by atoms with Gasteiger partial charge in [0.25, 0.3) is 0 Å². The fourth-order valence-electron chi connectivity index (χ4n) is 1.42. The van der Waals surface area contributed by atoms with Crippen molar-refractivity contribution in [3.8, 4) is 0 Å². The predicted octanol–water partition coefficient (Wildman–Crippen LogP) is 1.27. The van der Waals surface area contributed by atoms with Gasteiger partial charge < -0.3 is 10.4 Å². The average Bonchev–Trinajstić information content (AvgIpc) is 2.42. The Kier molecular flexibility index (Phi) is 1.85. The predicted molar refractivity (Wildman–Crippen MR) is 50.4 cm³/mol. The molecule has 0 saturated carbocycles. The van der Waals surface area contributed by atoms with Gasteiger partial charge in [0.1, 0.15) is 0 Å². The van der Waals surface area contributed by atoms with Crippen molar-refractivity contribution in [3.63, 3.8) is 0 Å². The van der Waals surface area contributed by atoms with Crippen LogP contribution in [0.2, 0.25) is 0 Å². The summed E-state index contributed by atoms with van der Waals surface area (Å²) in [6, 6.07) is 4.97. The monoisotopic (exact) mass is 192 g/mol. The summed E-state index contributed by atoms with van der Waals surface area (Å²) >= 11 is 0. The molecule has 2 amide bonds. The van der Waals surface area contributed by atoms with Crippen LogP contribution in [0.5, 0.6) is 0 Å². The van der Waals surface area contributed by atoms with Crippen LogP contribution in [0.3, 0.4) is 0 Å². The van der Waals surface area contributed by atoms with Crippen LogP contribution in [0.1, 0.15) is 5.56 Å². The van der Waals surface area contributed by atoms with Crippen LogP contribution in [0.15, 0.2) is 18.2 Å². The maximum absolute atomic E-state index is 11.0. The summed E-state index contributed by atoms with van der Waals surface area (Å²) < 4.78 is 0. The molecule has 1 aliphatic heterocycles. The topological polar surface area (TPSA) is 78.4 Å². The van der Waals surface area contributed by atoms with Crippen molar-refractivity contribution in [1.29, 1.82) is 0 Å². The van der Waals surface area contributed by atoms with Crippen molar-refractivity contribution in [2.24, 2.45) is 0 Å². The molecular formula is C9H8N2O3. The Morgan fingerprint density at radius 2 is 2.29 bits per heavy atom. The van der Waals surface area contributed by atoms with Gasteiger partial charge in [-0.2, -0.15) is 0 Å². The number of hydrogen-bond acceptors (Lipinski definition) is 2. The van der Waals surface area contributed by atoms with E-state index in [0.717, 1.165) is 5.56 Å². The zero-order valence-corrected chi connectivity index (χ0v) is 7.20. The van der Waals surface area contributed by atoms with Gasteiger partial charge in [-0.15, -0.1) is 0 Å².